The summed E-state index contributed by atoms with van der Waals surface area (Å²) in [5.41, 5.74) is 4.63. The minimum atomic E-state index is -0.399. The third-order valence-electron chi connectivity index (χ3n) is 6.55. The van der Waals surface area contributed by atoms with E-state index >= 15 is 0 Å². The molecule has 40 heavy (non-hydrogen) atoms. The van der Waals surface area contributed by atoms with Crippen LogP contribution in [-0.4, -0.2) is 61.0 Å². The lowest BCUT2D eigenvalue weighted by Crippen LogP contribution is -2.49. The summed E-state index contributed by atoms with van der Waals surface area (Å²) in [7, 11) is 3.32. The first-order valence-corrected chi connectivity index (χ1v) is 14.4. The standard InChI is InChI=1S/C28H38N2O4.C3H8O.C2H6/c1-7-34-28(31)25(14-13-22-11-9-8-10-12-22)29-20(3)21(4)30-18-24-17-27(33-6)26(32-5)16-23(24)15-19(30)2;1-3(2)4;1-2/h8-12,16-17,19-20,25,29H,4,7,13-15,18H2,1-3,5-6H3;3-4H,1-2H3;1-2H3. The van der Waals surface area contributed by atoms with Crippen LogP contribution in [0.3, 0.4) is 0 Å². The van der Waals surface area contributed by atoms with Crippen molar-refractivity contribution >= 4 is 5.97 Å². The Morgan fingerprint density at radius 2 is 1.62 bits per heavy atom. The number of aliphatic hydroxyl groups is 1. The lowest BCUT2D eigenvalue weighted by Gasteiger charge is -2.40. The average Bonchev–Trinajstić information content (AvgIpc) is 2.95. The second-order valence-corrected chi connectivity index (χ2v) is 9.96. The van der Waals surface area contributed by atoms with Crippen LogP contribution < -0.4 is 14.8 Å². The predicted octanol–water partition coefficient (Wildman–Crippen LogP) is 5.92. The van der Waals surface area contributed by atoms with Crippen molar-refractivity contribution in [1.82, 2.24) is 10.2 Å². The molecule has 0 spiro atoms. The molecule has 0 radical (unpaired) electrons. The molecule has 3 atom stereocenters. The van der Waals surface area contributed by atoms with Crippen molar-refractivity contribution in [3.05, 3.63) is 71.4 Å². The van der Waals surface area contributed by atoms with Crippen molar-refractivity contribution in [2.75, 3.05) is 20.8 Å². The predicted molar refractivity (Wildman–Crippen MR) is 164 cm³/mol. The molecule has 2 aromatic rings. The van der Waals surface area contributed by atoms with E-state index in [9.17, 15) is 4.79 Å². The average molecular weight is 557 g/mol. The topological polar surface area (TPSA) is 80.3 Å². The Morgan fingerprint density at radius 3 is 2.15 bits per heavy atom. The van der Waals surface area contributed by atoms with E-state index in [0.29, 0.717) is 13.0 Å². The van der Waals surface area contributed by atoms with Crippen LogP contribution in [0.4, 0.5) is 0 Å². The van der Waals surface area contributed by atoms with E-state index in [0.717, 1.165) is 36.6 Å². The van der Waals surface area contributed by atoms with Gasteiger partial charge in [-0.3, -0.25) is 10.1 Å². The van der Waals surface area contributed by atoms with Gasteiger partial charge in [0, 0.05) is 30.4 Å². The monoisotopic (exact) mass is 556 g/mol. The largest absolute Gasteiger partial charge is 0.493 e. The molecule has 0 bridgehead atoms. The van der Waals surface area contributed by atoms with Crippen LogP contribution >= 0.6 is 0 Å². The van der Waals surface area contributed by atoms with Crippen LogP contribution in [0.15, 0.2) is 54.7 Å². The van der Waals surface area contributed by atoms with Gasteiger partial charge in [-0.2, -0.15) is 0 Å². The number of fused-ring (bicyclic) bond motifs is 1. The summed E-state index contributed by atoms with van der Waals surface area (Å²) >= 11 is 0. The Kier molecular flexibility index (Phi) is 16.0. The zero-order chi connectivity index (χ0) is 30.2. The lowest BCUT2D eigenvalue weighted by molar-refractivity contribution is -0.146. The van der Waals surface area contributed by atoms with Gasteiger partial charge < -0.3 is 24.2 Å². The van der Waals surface area contributed by atoms with E-state index in [2.05, 4.69) is 54.9 Å². The Hall–Kier alpha value is -3.03. The number of nitrogens with zero attached hydrogens (tertiary/aromatic N) is 1. The minimum Gasteiger partial charge on any atom is -0.493 e. The van der Waals surface area contributed by atoms with Crippen LogP contribution in [0.1, 0.15) is 71.6 Å². The van der Waals surface area contributed by atoms with E-state index < -0.39 is 6.04 Å². The highest BCUT2D eigenvalue weighted by Gasteiger charge is 2.29. The third-order valence-corrected chi connectivity index (χ3v) is 6.55. The van der Waals surface area contributed by atoms with Crippen LogP contribution in [0.2, 0.25) is 0 Å². The molecular formula is C33H52N2O5. The van der Waals surface area contributed by atoms with Crippen LogP contribution in [0.25, 0.3) is 0 Å². The number of carbonyl (C=O) groups excluding carboxylic acids is 1. The first-order chi connectivity index (χ1) is 19.1. The number of benzene rings is 2. The lowest BCUT2D eigenvalue weighted by atomic mass is 9.93. The van der Waals surface area contributed by atoms with Gasteiger partial charge in [-0.25, -0.2) is 0 Å². The third kappa shape index (κ3) is 10.9. The second-order valence-electron chi connectivity index (χ2n) is 9.96. The van der Waals surface area contributed by atoms with Crippen molar-refractivity contribution in [3.63, 3.8) is 0 Å². The minimum absolute atomic E-state index is 0.0886. The number of ether oxygens (including phenoxy) is 3. The van der Waals surface area contributed by atoms with Crippen molar-refractivity contribution in [3.8, 4) is 11.5 Å². The fourth-order valence-electron chi connectivity index (χ4n) is 4.57. The smallest absolute Gasteiger partial charge is 0.323 e. The highest BCUT2D eigenvalue weighted by atomic mass is 16.5. The molecule has 3 unspecified atom stereocenters. The molecule has 0 amide bonds. The molecule has 7 nitrogen and oxygen atoms in total. The Morgan fingerprint density at radius 1 is 1.07 bits per heavy atom. The first-order valence-electron chi connectivity index (χ1n) is 14.4. The first kappa shape index (κ1) is 35.0. The molecule has 1 aliphatic rings. The summed E-state index contributed by atoms with van der Waals surface area (Å²) in [4.78, 5) is 15.0. The molecule has 0 aromatic heterocycles. The van der Waals surface area contributed by atoms with Gasteiger partial charge in [0.05, 0.1) is 20.8 Å². The summed E-state index contributed by atoms with van der Waals surface area (Å²) in [6, 6.07) is 14.1. The van der Waals surface area contributed by atoms with Gasteiger partial charge in [0.25, 0.3) is 0 Å². The number of hydrogen-bond donors (Lipinski definition) is 2. The van der Waals surface area contributed by atoms with Crippen LogP contribution in [0, 0.1) is 0 Å². The molecule has 0 aliphatic carbocycles. The van der Waals surface area contributed by atoms with E-state index in [1.807, 2.05) is 39.0 Å². The molecule has 7 heteroatoms. The summed E-state index contributed by atoms with van der Waals surface area (Å²) < 4.78 is 16.4. The molecule has 0 saturated carbocycles. The number of nitrogens with one attached hydrogen (secondary N) is 1. The van der Waals surface area contributed by atoms with Gasteiger partial charge in [0.2, 0.25) is 0 Å². The van der Waals surface area contributed by atoms with Gasteiger partial charge in [0.15, 0.2) is 11.5 Å². The quantitative estimate of drug-likeness (QED) is 0.333. The van der Waals surface area contributed by atoms with Gasteiger partial charge in [-0.15, -0.1) is 0 Å². The summed E-state index contributed by atoms with van der Waals surface area (Å²) in [5.74, 6) is 1.27. The Bertz CT molecular complexity index is 1020. The molecule has 1 heterocycles. The maximum atomic E-state index is 12.7. The van der Waals surface area contributed by atoms with Gasteiger partial charge in [-0.05, 0) is 82.7 Å². The number of carbonyl (C=O) groups is 1. The fourth-order valence-corrected chi connectivity index (χ4v) is 4.57. The molecule has 0 saturated heterocycles. The van der Waals surface area contributed by atoms with Crippen molar-refractivity contribution in [2.45, 2.75) is 98.5 Å². The number of hydrogen-bond acceptors (Lipinski definition) is 7. The van der Waals surface area contributed by atoms with Gasteiger partial charge in [0.1, 0.15) is 6.04 Å². The molecule has 2 N–H and O–H groups in total. The van der Waals surface area contributed by atoms with Crippen LogP contribution in [-0.2, 0) is 28.9 Å². The second kappa shape index (κ2) is 18.3. The van der Waals surface area contributed by atoms with Crippen molar-refractivity contribution in [2.24, 2.45) is 0 Å². The maximum Gasteiger partial charge on any atom is 0.323 e. The van der Waals surface area contributed by atoms with E-state index in [1.165, 1.54) is 16.7 Å². The van der Waals surface area contributed by atoms with Crippen molar-refractivity contribution in [1.29, 1.82) is 0 Å². The van der Waals surface area contributed by atoms with E-state index in [4.69, 9.17) is 19.3 Å². The van der Waals surface area contributed by atoms with Crippen LogP contribution in [0.5, 0.6) is 11.5 Å². The Labute approximate surface area is 242 Å². The van der Waals surface area contributed by atoms with Gasteiger partial charge in [-0.1, -0.05) is 50.8 Å². The molecule has 224 valence electrons. The number of rotatable bonds is 11. The van der Waals surface area contributed by atoms with E-state index in [-0.39, 0.29) is 24.2 Å². The molecule has 1 aliphatic heterocycles. The summed E-state index contributed by atoms with van der Waals surface area (Å²) in [6.07, 6.45) is 2.18. The normalized spacial score (nSPS) is 15.4. The van der Waals surface area contributed by atoms with E-state index in [1.54, 1.807) is 28.1 Å². The zero-order valence-corrected chi connectivity index (χ0v) is 26.1. The molecule has 3 rings (SSSR count). The fraction of sp³-hybridized carbons (Fsp3) is 0.545. The molecule has 0 fully saturated rings. The maximum absolute atomic E-state index is 12.7. The SMILES string of the molecule is C=C(C(C)NC(CCc1ccccc1)C(=O)OCC)N1Cc2cc(OC)c(OC)cc2CC1C.CC.CC(C)O. The number of esters is 1. The molecular weight excluding hydrogens is 504 g/mol. The highest BCUT2D eigenvalue weighted by Crippen LogP contribution is 2.35. The summed E-state index contributed by atoms with van der Waals surface area (Å²) in [6.45, 7) is 19.1. The molecule has 2 aromatic carbocycles. The Balaban J connectivity index is 0.00000122. The van der Waals surface area contributed by atoms with Crippen molar-refractivity contribution < 1.29 is 24.1 Å². The highest BCUT2D eigenvalue weighted by molar-refractivity contribution is 5.75. The van der Waals surface area contributed by atoms with Gasteiger partial charge >= 0.3 is 5.97 Å². The number of aliphatic hydroxyl groups excluding tert-OH is 1. The summed E-state index contributed by atoms with van der Waals surface area (Å²) in [5, 5.41) is 11.5. The zero-order valence-electron chi connectivity index (χ0n) is 26.1. The number of methoxy groups -OCH3 is 2. The number of aryl methyl sites for hydroxylation is 1.